The van der Waals surface area contributed by atoms with E-state index in [1.807, 2.05) is 0 Å². The minimum atomic E-state index is -0.742. The first-order valence-corrected chi connectivity index (χ1v) is 3.95. The summed E-state index contributed by atoms with van der Waals surface area (Å²) in [5.74, 6) is 0.472. The molecule has 2 nitrogen and oxygen atoms in total. The summed E-state index contributed by atoms with van der Waals surface area (Å²) in [5, 5.41) is 18.8. The first-order valence-electron chi connectivity index (χ1n) is 3.95. The molecule has 0 saturated heterocycles. The van der Waals surface area contributed by atoms with Crippen LogP contribution in [-0.2, 0) is 0 Å². The Hall–Kier alpha value is -0.0800. The fourth-order valence-electron chi connectivity index (χ4n) is 1.55. The Bertz CT molecular complexity index is 122. The fraction of sp³-hybridized carbons (Fsp3) is 1.00. The van der Waals surface area contributed by atoms with Crippen LogP contribution in [0.5, 0.6) is 0 Å². The largest absolute Gasteiger partial charge is 0.390 e. The monoisotopic (exact) mass is 144 g/mol. The van der Waals surface area contributed by atoms with Gasteiger partial charge in [-0.2, -0.15) is 0 Å². The lowest BCUT2D eigenvalue weighted by Crippen LogP contribution is -2.52. The Kier molecular flexibility index (Phi) is 2.02. The zero-order chi connectivity index (χ0) is 7.78. The van der Waals surface area contributed by atoms with Crippen molar-refractivity contribution in [3.63, 3.8) is 0 Å². The summed E-state index contributed by atoms with van der Waals surface area (Å²) in [7, 11) is 0. The highest BCUT2D eigenvalue weighted by Crippen LogP contribution is 2.37. The van der Waals surface area contributed by atoms with E-state index in [0.29, 0.717) is 5.92 Å². The highest BCUT2D eigenvalue weighted by Gasteiger charge is 2.44. The molecule has 1 aliphatic carbocycles. The Morgan fingerprint density at radius 3 is 2.30 bits per heavy atom. The van der Waals surface area contributed by atoms with Gasteiger partial charge in [-0.25, -0.2) is 0 Å². The van der Waals surface area contributed by atoms with Gasteiger partial charge < -0.3 is 10.2 Å². The lowest BCUT2D eigenvalue weighted by molar-refractivity contribution is -0.154. The van der Waals surface area contributed by atoms with Gasteiger partial charge in [0.1, 0.15) is 0 Å². The molecule has 0 amide bonds. The smallest absolute Gasteiger partial charge is 0.0908 e. The van der Waals surface area contributed by atoms with E-state index >= 15 is 0 Å². The molecule has 1 aliphatic rings. The van der Waals surface area contributed by atoms with E-state index in [9.17, 15) is 5.11 Å². The summed E-state index contributed by atoms with van der Waals surface area (Å²) < 4.78 is 0. The maximum atomic E-state index is 9.60. The lowest BCUT2D eigenvalue weighted by atomic mass is 9.72. The van der Waals surface area contributed by atoms with Crippen LogP contribution in [0.1, 0.15) is 33.1 Å². The average molecular weight is 144 g/mol. The number of aliphatic hydroxyl groups excluding tert-OH is 1. The van der Waals surface area contributed by atoms with Crippen molar-refractivity contribution in [2.75, 3.05) is 0 Å². The molecule has 10 heavy (non-hydrogen) atoms. The van der Waals surface area contributed by atoms with Crippen molar-refractivity contribution in [1.82, 2.24) is 0 Å². The molecular formula is C8H16O2. The van der Waals surface area contributed by atoms with Crippen molar-refractivity contribution >= 4 is 0 Å². The number of hydrogen-bond donors (Lipinski definition) is 2. The molecule has 1 rings (SSSR count). The predicted molar refractivity (Wildman–Crippen MR) is 39.6 cm³/mol. The van der Waals surface area contributed by atoms with E-state index < -0.39 is 11.7 Å². The Morgan fingerprint density at radius 2 is 2.20 bits per heavy atom. The third-order valence-corrected chi connectivity index (χ3v) is 2.23. The zero-order valence-electron chi connectivity index (χ0n) is 6.67. The molecular weight excluding hydrogens is 128 g/mol. The van der Waals surface area contributed by atoms with Crippen LogP contribution >= 0.6 is 0 Å². The van der Waals surface area contributed by atoms with Crippen LogP contribution in [0.25, 0.3) is 0 Å². The minimum absolute atomic E-state index is 0.463. The molecule has 0 aromatic rings. The molecule has 2 heteroatoms. The van der Waals surface area contributed by atoms with Gasteiger partial charge in [-0.1, -0.05) is 13.8 Å². The summed E-state index contributed by atoms with van der Waals surface area (Å²) in [6.07, 6.45) is 1.80. The number of hydrogen-bond acceptors (Lipinski definition) is 2. The van der Waals surface area contributed by atoms with Crippen molar-refractivity contribution in [2.24, 2.45) is 5.92 Å². The molecule has 0 heterocycles. The molecule has 1 fully saturated rings. The van der Waals surface area contributed by atoms with Crippen molar-refractivity contribution in [3.8, 4) is 0 Å². The molecule has 60 valence electrons. The van der Waals surface area contributed by atoms with Crippen LogP contribution in [0.3, 0.4) is 0 Å². The van der Waals surface area contributed by atoms with Gasteiger partial charge in [0.25, 0.3) is 0 Å². The first-order chi connectivity index (χ1) is 4.54. The van der Waals surface area contributed by atoms with E-state index in [4.69, 9.17) is 5.11 Å². The second-order valence-corrected chi connectivity index (χ2v) is 3.76. The topological polar surface area (TPSA) is 40.5 Å². The maximum Gasteiger partial charge on any atom is 0.0908 e. The molecule has 0 bridgehead atoms. The van der Waals surface area contributed by atoms with E-state index in [-0.39, 0.29) is 0 Å². The third-order valence-electron chi connectivity index (χ3n) is 2.23. The van der Waals surface area contributed by atoms with E-state index in [0.717, 1.165) is 19.3 Å². The van der Waals surface area contributed by atoms with Gasteiger partial charge in [0.05, 0.1) is 11.7 Å². The van der Waals surface area contributed by atoms with Crippen LogP contribution < -0.4 is 0 Å². The number of aliphatic hydroxyl groups is 2. The summed E-state index contributed by atoms with van der Waals surface area (Å²) >= 11 is 0. The average Bonchev–Trinajstić information content (AvgIpc) is 1.84. The van der Waals surface area contributed by atoms with E-state index in [2.05, 4.69) is 13.8 Å². The molecule has 2 atom stereocenters. The molecule has 0 unspecified atom stereocenters. The molecule has 1 saturated carbocycles. The van der Waals surface area contributed by atoms with Gasteiger partial charge in [-0.3, -0.25) is 0 Å². The van der Waals surface area contributed by atoms with Gasteiger partial charge in [-0.05, 0) is 25.2 Å². The van der Waals surface area contributed by atoms with Crippen molar-refractivity contribution < 1.29 is 10.2 Å². The zero-order valence-corrected chi connectivity index (χ0v) is 6.67. The Morgan fingerprint density at radius 1 is 1.60 bits per heavy atom. The summed E-state index contributed by atoms with van der Waals surface area (Å²) in [6.45, 7) is 4.12. The van der Waals surface area contributed by atoms with Gasteiger partial charge in [0, 0.05) is 0 Å². The molecule has 0 aromatic heterocycles. The Balaban J connectivity index is 2.38. The van der Waals surface area contributed by atoms with E-state index in [1.54, 1.807) is 0 Å². The normalized spacial score (nSPS) is 39.9. The third kappa shape index (κ3) is 1.32. The maximum absolute atomic E-state index is 9.60. The highest BCUT2D eigenvalue weighted by atomic mass is 16.3. The highest BCUT2D eigenvalue weighted by molar-refractivity contribution is 4.96. The SMILES string of the molecule is CC(C)C[C@]1(O)CC[C@H]1O. The molecule has 0 radical (unpaired) electrons. The van der Waals surface area contributed by atoms with Gasteiger partial charge >= 0.3 is 0 Å². The second-order valence-electron chi connectivity index (χ2n) is 3.76. The minimum Gasteiger partial charge on any atom is -0.390 e. The summed E-state index contributed by atoms with van der Waals surface area (Å²) in [5.41, 5.74) is -0.742. The van der Waals surface area contributed by atoms with Crippen LogP contribution in [0.4, 0.5) is 0 Å². The molecule has 2 N–H and O–H groups in total. The number of rotatable bonds is 2. The van der Waals surface area contributed by atoms with Crippen molar-refractivity contribution in [2.45, 2.75) is 44.8 Å². The quantitative estimate of drug-likeness (QED) is 0.605. The van der Waals surface area contributed by atoms with Crippen LogP contribution in [0.15, 0.2) is 0 Å². The van der Waals surface area contributed by atoms with Crippen molar-refractivity contribution in [1.29, 1.82) is 0 Å². The second kappa shape index (κ2) is 2.51. The van der Waals surface area contributed by atoms with Crippen LogP contribution in [-0.4, -0.2) is 21.9 Å². The molecule has 0 aromatic carbocycles. The summed E-state index contributed by atoms with van der Waals surface area (Å²) in [6, 6.07) is 0. The van der Waals surface area contributed by atoms with E-state index in [1.165, 1.54) is 0 Å². The van der Waals surface area contributed by atoms with Gasteiger partial charge in [0.15, 0.2) is 0 Å². The van der Waals surface area contributed by atoms with Gasteiger partial charge in [0.2, 0.25) is 0 Å². The fourth-order valence-corrected chi connectivity index (χ4v) is 1.55. The predicted octanol–water partition coefficient (Wildman–Crippen LogP) is 0.918. The Labute approximate surface area is 61.9 Å². The lowest BCUT2D eigenvalue weighted by Gasteiger charge is -2.43. The van der Waals surface area contributed by atoms with Crippen molar-refractivity contribution in [3.05, 3.63) is 0 Å². The van der Waals surface area contributed by atoms with Crippen LogP contribution in [0.2, 0.25) is 0 Å². The van der Waals surface area contributed by atoms with Gasteiger partial charge in [-0.15, -0.1) is 0 Å². The standard InChI is InChI=1S/C8H16O2/c1-6(2)5-8(10)4-3-7(8)9/h6-7,9-10H,3-5H2,1-2H3/t7-,8-/m1/s1. The molecule has 0 spiro atoms. The molecule has 0 aliphatic heterocycles. The first kappa shape index (κ1) is 8.02. The van der Waals surface area contributed by atoms with Crippen LogP contribution in [0, 0.1) is 5.92 Å². The summed E-state index contributed by atoms with van der Waals surface area (Å²) in [4.78, 5) is 0.